The van der Waals surface area contributed by atoms with Crippen molar-refractivity contribution >= 4 is 17.5 Å². The van der Waals surface area contributed by atoms with Crippen LogP contribution in [-0.4, -0.2) is 17.0 Å². The number of rotatable bonds is 4. The summed E-state index contributed by atoms with van der Waals surface area (Å²) in [4.78, 5) is 17.6. The van der Waals surface area contributed by atoms with Gasteiger partial charge in [0.2, 0.25) is 0 Å². The molecule has 0 aliphatic heterocycles. The summed E-state index contributed by atoms with van der Waals surface area (Å²) in [7, 11) is 0. The third-order valence-electron chi connectivity index (χ3n) is 3.04. The third-order valence-corrected chi connectivity index (χ3v) is 3.78. The fraction of sp³-hybridized carbons (Fsp3) is 0.188. The van der Waals surface area contributed by atoms with Gasteiger partial charge in [0, 0.05) is 22.3 Å². The van der Waals surface area contributed by atoms with Gasteiger partial charge in [0.25, 0.3) is 0 Å². The van der Waals surface area contributed by atoms with E-state index < -0.39 is 5.92 Å². The van der Waals surface area contributed by atoms with Gasteiger partial charge in [0.1, 0.15) is 5.92 Å². The van der Waals surface area contributed by atoms with Crippen LogP contribution in [0.25, 0.3) is 0 Å². The van der Waals surface area contributed by atoms with Gasteiger partial charge in [0.05, 0.1) is 6.07 Å². The van der Waals surface area contributed by atoms with E-state index in [4.69, 9.17) is 0 Å². The Morgan fingerprint density at radius 3 is 2.45 bits per heavy atom. The Balaban J connectivity index is 2.29. The number of carbonyl (C=O) groups is 1. The predicted octanol–water partition coefficient (Wildman–Crippen LogP) is 3.60. The monoisotopic (exact) mass is 282 g/mol. The smallest absolute Gasteiger partial charge is 0.185 e. The number of ketones is 1. The van der Waals surface area contributed by atoms with Gasteiger partial charge in [-0.25, -0.2) is 0 Å². The molecule has 0 N–H and O–H groups in total. The van der Waals surface area contributed by atoms with Gasteiger partial charge in [-0.05, 0) is 43.0 Å². The fourth-order valence-corrected chi connectivity index (χ4v) is 2.27. The number of hydrogen-bond donors (Lipinski definition) is 0. The summed E-state index contributed by atoms with van der Waals surface area (Å²) in [5, 5.41) is 9.30. The van der Waals surface area contributed by atoms with Gasteiger partial charge in [-0.1, -0.05) is 12.1 Å². The molecular formula is C16H14N2OS. The molecule has 1 atom stereocenters. The van der Waals surface area contributed by atoms with Crippen LogP contribution < -0.4 is 0 Å². The van der Waals surface area contributed by atoms with E-state index in [1.165, 1.54) is 6.20 Å². The van der Waals surface area contributed by atoms with Crippen molar-refractivity contribution in [2.24, 2.45) is 0 Å². The first kappa shape index (κ1) is 14.3. The maximum atomic E-state index is 12.4. The lowest BCUT2D eigenvalue weighted by atomic mass is 9.92. The van der Waals surface area contributed by atoms with Gasteiger partial charge < -0.3 is 0 Å². The van der Waals surface area contributed by atoms with Gasteiger partial charge in [0.15, 0.2) is 5.78 Å². The summed E-state index contributed by atoms with van der Waals surface area (Å²) in [6.45, 7) is 1.86. The van der Waals surface area contributed by atoms with Crippen molar-refractivity contribution in [3.05, 3.63) is 59.4 Å². The summed E-state index contributed by atoms with van der Waals surface area (Å²) in [5.74, 6) is -0.993. The van der Waals surface area contributed by atoms with Crippen molar-refractivity contribution in [2.75, 3.05) is 6.26 Å². The number of nitriles is 1. The van der Waals surface area contributed by atoms with Crippen LogP contribution in [0, 0.1) is 18.3 Å². The molecule has 0 bridgehead atoms. The van der Waals surface area contributed by atoms with Gasteiger partial charge in [-0.3, -0.25) is 9.78 Å². The molecule has 2 rings (SSSR count). The highest BCUT2D eigenvalue weighted by Crippen LogP contribution is 2.23. The molecule has 0 fully saturated rings. The van der Waals surface area contributed by atoms with E-state index in [9.17, 15) is 10.1 Å². The SMILES string of the molecule is CSc1ccc(C(C#N)C(=O)c2ccc(C)nc2)cc1. The summed E-state index contributed by atoms with van der Waals surface area (Å²) < 4.78 is 0. The number of benzene rings is 1. The fourth-order valence-electron chi connectivity index (χ4n) is 1.86. The lowest BCUT2D eigenvalue weighted by molar-refractivity contribution is 0.0978. The maximum absolute atomic E-state index is 12.4. The van der Waals surface area contributed by atoms with Crippen molar-refractivity contribution in [3.8, 4) is 6.07 Å². The molecular weight excluding hydrogens is 268 g/mol. The van der Waals surface area contributed by atoms with Crippen LogP contribution in [0.15, 0.2) is 47.5 Å². The van der Waals surface area contributed by atoms with Crippen LogP contribution in [0.1, 0.15) is 27.5 Å². The molecule has 0 amide bonds. The highest BCUT2D eigenvalue weighted by molar-refractivity contribution is 7.98. The molecule has 4 heteroatoms. The average molecular weight is 282 g/mol. The largest absolute Gasteiger partial charge is 0.292 e. The second kappa shape index (κ2) is 6.36. The first-order chi connectivity index (χ1) is 9.65. The zero-order chi connectivity index (χ0) is 14.5. The van der Waals surface area contributed by atoms with Crippen molar-refractivity contribution in [1.82, 2.24) is 4.98 Å². The molecule has 0 saturated heterocycles. The van der Waals surface area contributed by atoms with Gasteiger partial charge in [-0.2, -0.15) is 5.26 Å². The Kier molecular flexibility index (Phi) is 4.54. The van der Waals surface area contributed by atoms with Crippen LogP contribution in [0.2, 0.25) is 0 Å². The maximum Gasteiger partial charge on any atom is 0.185 e. The number of Topliss-reactive ketones (excluding diaryl/α,β-unsaturated/α-hetero) is 1. The van der Waals surface area contributed by atoms with E-state index in [1.54, 1.807) is 23.9 Å². The second-order valence-electron chi connectivity index (χ2n) is 4.39. The molecule has 0 aliphatic rings. The van der Waals surface area contributed by atoms with Crippen LogP contribution in [0.3, 0.4) is 0 Å². The Labute approximate surface area is 122 Å². The standard InChI is InChI=1S/C16H14N2OS/c1-11-3-4-13(10-18-11)16(19)15(9-17)12-5-7-14(20-2)8-6-12/h3-8,10,15H,1-2H3. The summed E-state index contributed by atoms with van der Waals surface area (Å²) in [6, 6.07) is 13.1. The predicted molar refractivity (Wildman–Crippen MR) is 79.9 cm³/mol. The van der Waals surface area contributed by atoms with Crippen molar-refractivity contribution in [1.29, 1.82) is 5.26 Å². The van der Waals surface area contributed by atoms with Crippen molar-refractivity contribution in [2.45, 2.75) is 17.7 Å². The summed E-state index contributed by atoms with van der Waals surface area (Å²) in [5.41, 5.74) is 2.03. The molecule has 100 valence electrons. The number of hydrogen-bond acceptors (Lipinski definition) is 4. The molecule has 0 spiro atoms. The molecule has 1 aromatic heterocycles. The lowest BCUT2D eigenvalue weighted by Gasteiger charge is -2.09. The van der Waals surface area contributed by atoms with Gasteiger partial charge >= 0.3 is 0 Å². The minimum absolute atomic E-state index is 0.211. The topological polar surface area (TPSA) is 53.8 Å². The summed E-state index contributed by atoms with van der Waals surface area (Å²) in [6.07, 6.45) is 3.51. The van der Waals surface area contributed by atoms with Crippen LogP contribution in [0.4, 0.5) is 0 Å². The molecule has 1 unspecified atom stereocenters. The van der Waals surface area contributed by atoms with Crippen molar-refractivity contribution < 1.29 is 4.79 Å². The van der Waals surface area contributed by atoms with Crippen LogP contribution in [-0.2, 0) is 0 Å². The number of carbonyl (C=O) groups excluding carboxylic acids is 1. The number of pyridine rings is 1. The Hall–Kier alpha value is -2.12. The Morgan fingerprint density at radius 1 is 1.25 bits per heavy atom. The number of aromatic nitrogens is 1. The zero-order valence-corrected chi connectivity index (χ0v) is 12.1. The molecule has 2 aromatic rings. The zero-order valence-electron chi connectivity index (χ0n) is 11.3. The van der Waals surface area contributed by atoms with E-state index in [-0.39, 0.29) is 5.78 Å². The van der Waals surface area contributed by atoms with E-state index in [1.807, 2.05) is 37.4 Å². The van der Waals surface area contributed by atoms with E-state index in [2.05, 4.69) is 11.1 Å². The molecule has 1 aromatic carbocycles. The molecule has 1 heterocycles. The average Bonchev–Trinajstić information content (AvgIpc) is 2.49. The van der Waals surface area contributed by atoms with E-state index in [0.717, 1.165) is 16.2 Å². The van der Waals surface area contributed by atoms with Crippen LogP contribution >= 0.6 is 11.8 Å². The minimum atomic E-state index is -0.782. The van der Waals surface area contributed by atoms with E-state index in [0.29, 0.717) is 5.56 Å². The Bertz CT molecular complexity index is 642. The Morgan fingerprint density at radius 2 is 1.95 bits per heavy atom. The normalized spacial score (nSPS) is 11.7. The first-order valence-corrected chi connectivity index (χ1v) is 7.38. The molecule has 3 nitrogen and oxygen atoms in total. The molecule has 0 radical (unpaired) electrons. The minimum Gasteiger partial charge on any atom is -0.292 e. The van der Waals surface area contributed by atoms with E-state index >= 15 is 0 Å². The molecule has 20 heavy (non-hydrogen) atoms. The number of aryl methyl sites for hydroxylation is 1. The number of thioether (sulfide) groups is 1. The second-order valence-corrected chi connectivity index (χ2v) is 5.27. The quantitative estimate of drug-likeness (QED) is 0.635. The molecule has 0 aliphatic carbocycles. The summed E-state index contributed by atoms with van der Waals surface area (Å²) >= 11 is 1.63. The molecule has 0 saturated carbocycles. The van der Waals surface area contributed by atoms with Crippen LogP contribution in [0.5, 0.6) is 0 Å². The third kappa shape index (κ3) is 3.06. The highest BCUT2D eigenvalue weighted by Gasteiger charge is 2.21. The highest BCUT2D eigenvalue weighted by atomic mass is 32.2. The first-order valence-electron chi connectivity index (χ1n) is 6.16. The van der Waals surface area contributed by atoms with Gasteiger partial charge in [-0.15, -0.1) is 11.8 Å². The van der Waals surface area contributed by atoms with Crippen molar-refractivity contribution in [3.63, 3.8) is 0 Å². The lowest BCUT2D eigenvalue weighted by Crippen LogP contribution is -2.11. The number of nitrogens with zero attached hydrogens (tertiary/aromatic N) is 2.